The van der Waals surface area contributed by atoms with Crippen molar-refractivity contribution in [1.29, 1.82) is 0 Å². The third kappa shape index (κ3) is 5.33. The molecule has 1 N–H and O–H groups in total. The van der Waals surface area contributed by atoms with Crippen molar-refractivity contribution < 1.29 is 31.9 Å². The minimum absolute atomic E-state index is 0.0111. The van der Waals surface area contributed by atoms with Crippen LogP contribution in [0.15, 0.2) is 47.4 Å². The lowest BCUT2D eigenvalue weighted by Crippen LogP contribution is -2.40. The zero-order valence-corrected chi connectivity index (χ0v) is 17.2. The van der Waals surface area contributed by atoms with Crippen LogP contribution in [0.4, 0.5) is 10.1 Å². The van der Waals surface area contributed by atoms with E-state index in [9.17, 15) is 22.4 Å². The van der Waals surface area contributed by atoms with Gasteiger partial charge in [-0.2, -0.15) is 4.31 Å². The number of carbonyl (C=O) groups is 2. The van der Waals surface area contributed by atoms with Crippen molar-refractivity contribution in [3.05, 3.63) is 58.9 Å². The standard InChI is InChI=1S/C19H18ClFN2O6S/c20-16-5-4-15(11-17(16)30(26,27)23-6-8-28-9-7-23)22-18(24)12-29-19(25)13-2-1-3-14(21)10-13/h1-5,10-11H,6-9,12H2,(H,22,24). The van der Waals surface area contributed by atoms with E-state index in [4.69, 9.17) is 21.1 Å². The molecule has 1 heterocycles. The molecule has 1 aliphatic heterocycles. The highest BCUT2D eigenvalue weighted by Gasteiger charge is 2.28. The average molecular weight is 457 g/mol. The number of nitrogens with one attached hydrogen (secondary N) is 1. The second-order valence-corrected chi connectivity index (χ2v) is 8.61. The quantitative estimate of drug-likeness (QED) is 0.669. The van der Waals surface area contributed by atoms with E-state index in [-0.39, 0.29) is 47.5 Å². The second-order valence-electron chi connectivity index (χ2n) is 6.30. The van der Waals surface area contributed by atoms with Crippen molar-refractivity contribution in [1.82, 2.24) is 4.31 Å². The van der Waals surface area contributed by atoms with E-state index in [2.05, 4.69) is 5.32 Å². The van der Waals surface area contributed by atoms with E-state index in [1.165, 1.54) is 40.7 Å². The lowest BCUT2D eigenvalue weighted by molar-refractivity contribution is -0.119. The van der Waals surface area contributed by atoms with Crippen molar-refractivity contribution in [3.8, 4) is 0 Å². The van der Waals surface area contributed by atoms with Crippen LogP contribution >= 0.6 is 11.6 Å². The summed E-state index contributed by atoms with van der Waals surface area (Å²) in [5, 5.41) is 2.46. The summed E-state index contributed by atoms with van der Waals surface area (Å²) < 4.78 is 50.1. The largest absolute Gasteiger partial charge is 0.452 e. The molecule has 3 rings (SSSR count). The van der Waals surface area contributed by atoms with Gasteiger partial charge in [-0.1, -0.05) is 17.7 Å². The molecular formula is C19H18ClFN2O6S. The number of hydrogen-bond acceptors (Lipinski definition) is 6. The third-order valence-electron chi connectivity index (χ3n) is 4.20. The van der Waals surface area contributed by atoms with Gasteiger partial charge in [-0.05, 0) is 36.4 Å². The first kappa shape index (κ1) is 22.2. The number of ether oxygens (including phenoxy) is 2. The molecule has 1 saturated heterocycles. The Balaban J connectivity index is 1.66. The lowest BCUT2D eigenvalue weighted by atomic mass is 10.2. The number of nitrogens with zero attached hydrogens (tertiary/aromatic N) is 1. The number of rotatable bonds is 6. The average Bonchev–Trinajstić information content (AvgIpc) is 2.74. The smallest absolute Gasteiger partial charge is 0.338 e. The Morgan fingerprint density at radius 3 is 2.60 bits per heavy atom. The van der Waals surface area contributed by atoms with Crippen molar-refractivity contribution in [3.63, 3.8) is 0 Å². The van der Waals surface area contributed by atoms with Gasteiger partial charge in [-0.15, -0.1) is 0 Å². The summed E-state index contributed by atoms with van der Waals surface area (Å²) in [5.74, 6) is -2.17. The van der Waals surface area contributed by atoms with Gasteiger partial charge in [0.2, 0.25) is 10.0 Å². The minimum atomic E-state index is -3.87. The number of esters is 1. The number of anilines is 1. The monoisotopic (exact) mass is 456 g/mol. The maximum absolute atomic E-state index is 13.2. The molecule has 0 radical (unpaired) electrons. The summed E-state index contributed by atoms with van der Waals surface area (Å²) in [5.41, 5.74) is 0.131. The summed E-state index contributed by atoms with van der Waals surface area (Å²) in [4.78, 5) is 23.8. The Morgan fingerprint density at radius 2 is 1.90 bits per heavy atom. The SMILES string of the molecule is O=C(COC(=O)c1cccc(F)c1)Nc1ccc(Cl)c(S(=O)(=O)N2CCOCC2)c1. The van der Waals surface area contributed by atoms with Crippen LogP contribution in [0.2, 0.25) is 5.02 Å². The van der Waals surface area contributed by atoms with Gasteiger partial charge < -0.3 is 14.8 Å². The summed E-state index contributed by atoms with van der Waals surface area (Å²) >= 11 is 6.07. The first-order valence-electron chi connectivity index (χ1n) is 8.87. The topological polar surface area (TPSA) is 102 Å². The molecule has 0 aliphatic carbocycles. The third-order valence-corrected chi connectivity index (χ3v) is 6.58. The van der Waals surface area contributed by atoms with Gasteiger partial charge in [-0.25, -0.2) is 17.6 Å². The molecular weight excluding hydrogens is 439 g/mol. The van der Waals surface area contributed by atoms with Crippen LogP contribution in [0.5, 0.6) is 0 Å². The molecule has 0 saturated carbocycles. The number of morpholine rings is 1. The van der Waals surface area contributed by atoms with Crippen molar-refractivity contribution in [2.75, 3.05) is 38.2 Å². The van der Waals surface area contributed by atoms with Gasteiger partial charge in [0.15, 0.2) is 6.61 Å². The molecule has 2 aromatic carbocycles. The maximum Gasteiger partial charge on any atom is 0.338 e. The first-order chi connectivity index (χ1) is 14.3. The predicted molar refractivity (Wildman–Crippen MR) is 106 cm³/mol. The molecule has 30 heavy (non-hydrogen) atoms. The molecule has 0 atom stereocenters. The number of hydrogen-bond donors (Lipinski definition) is 1. The molecule has 0 aromatic heterocycles. The zero-order chi connectivity index (χ0) is 21.7. The second kappa shape index (κ2) is 9.52. The predicted octanol–water partition coefficient (Wildman–Crippen LogP) is 2.30. The van der Waals surface area contributed by atoms with Crippen molar-refractivity contribution in [2.45, 2.75) is 4.90 Å². The number of sulfonamides is 1. The van der Waals surface area contributed by atoms with Crippen LogP contribution in [0.1, 0.15) is 10.4 Å². The Labute approximate surface area is 177 Å². The van der Waals surface area contributed by atoms with E-state index < -0.39 is 34.3 Å². The van der Waals surface area contributed by atoms with E-state index in [0.717, 1.165) is 6.07 Å². The molecule has 0 bridgehead atoms. The van der Waals surface area contributed by atoms with Gasteiger partial charge in [0.1, 0.15) is 10.7 Å². The van der Waals surface area contributed by atoms with E-state index in [0.29, 0.717) is 0 Å². The summed E-state index contributed by atoms with van der Waals surface area (Å²) in [6.45, 7) is 0.327. The summed E-state index contributed by atoms with van der Waals surface area (Å²) in [7, 11) is -3.87. The van der Waals surface area contributed by atoms with Gasteiger partial charge in [0, 0.05) is 18.8 Å². The Morgan fingerprint density at radius 1 is 1.17 bits per heavy atom. The lowest BCUT2D eigenvalue weighted by Gasteiger charge is -2.26. The first-order valence-corrected chi connectivity index (χ1v) is 10.7. The fourth-order valence-corrected chi connectivity index (χ4v) is 4.64. The Bertz CT molecular complexity index is 1060. The van der Waals surface area contributed by atoms with Gasteiger partial charge in [-0.3, -0.25) is 4.79 Å². The highest BCUT2D eigenvalue weighted by atomic mass is 35.5. The summed E-state index contributed by atoms with van der Waals surface area (Å²) in [6.07, 6.45) is 0. The molecule has 8 nitrogen and oxygen atoms in total. The molecule has 0 spiro atoms. The Hall–Kier alpha value is -2.53. The summed E-state index contributed by atoms with van der Waals surface area (Å²) in [6, 6.07) is 8.87. The minimum Gasteiger partial charge on any atom is -0.452 e. The zero-order valence-electron chi connectivity index (χ0n) is 15.6. The van der Waals surface area contributed by atoms with E-state index >= 15 is 0 Å². The number of amides is 1. The molecule has 0 unspecified atom stereocenters. The number of benzene rings is 2. The van der Waals surface area contributed by atoms with E-state index in [1.54, 1.807) is 0 Å². The molecule has 2 aromatic rings. The molecule has 1 amide bonds. The Kier molecular flexibility index (Phi) is 7.03. The fourth-order valence-electron chi connectivity index (χ4n) is 2.73. The fraction of sp³-hybridized carbons (Fsp3) is 0.263. The van der Waals surface area contributed by atoms with Crippen LogP contribution in [-0.2, 0) is 24.3 Å². The highest BCUT2D eigenvalue weighted by molar-refractivity contribution is 7.89. The van der Waals surface area contributed by atoms with Crippen LogP contribution in [0, 0.1) is 5.82 Å². The van der Waals surface area contributed by atoms with E-state index in [1.807, 2.05) is 0 Å². The van der Waals surface area contributed by atoms with Crippen LogP contribution in [0.3, 0.4) is 0 Å². The van der Waals surface area contributed by atoms with Crippen molar-refractivity contribution in [2.24, 2.45) is 0 Å². The molecule has 160 valence electrons. The highest BCUT2D eigenvalue weighted by Crippen LogP contribution is 2.28. The maximum atomic E-state index is 13.2. The van der Waals surface area contributed by atoms with Gasteiger partial charge in [0.25, 0.3) is 5.91 Å². The molecule has 11 heteroatoms. The number of halogens is 2. The van der Waals surface area contributed by atoms with Gasteiger partial charge in [0.05, 0.1) is 23.8 Å². The molecule has 1 fully saturated rings. The normalized spacial score (nSPS) is 14.9. The van der Waals surface area contributed by atoms with Crippen molar-refractivity contribution >= 4 is 39.2 Å². The van der Waals surface area contributed by atoms with Crippen LogP contribution in [-0.4, -0.2) is 57.5 Å². The van der Waals surface area contributed by atoms with Gasteiger partial charge >= 0.3 is 5.97 Å². The molecule has 1 aliphatic rings. The number of carbonyl (C=O) groups excluding carboxylic acids is 2. The van der Waals surface area contributed by atoms with Crippen LogP contribution in [0.25, 0.3) is 0 Å². The van der Waals surface area contributed by atoms with Crippen LogP contribution < -0.4 is 5.32 Å².